The van der Waals surface area contributed by atoms with Gasteiger partial charge in [-0.05, 0) is 24.8 Å². The van der Waals surface area contributed by atoms with Crippen LogP contribution in [0.1, 0.15) is 57.4 Å². The van der Waals surface area contributed by atoms with Crippen molar-refractivity contribution in [3.8, 4) is 0 Å². The molecule has 0 aliphatic carbocycles. The Morgan fingerprint density at radius 2 is 1.62 bits per heavy atom. The Balaban J connectivity index is 1.89. The van der Waals surface area contributed by atoms with Gasteiger partial charge in [0.25, 0.3) is 0 Å². The Bertz CT molecular complexity index is 237. The maximum absolute atomic E-state index is 2.44. The molecule has 0 bridgehead atoms. The van der Waals surface area contributed by atoms with Crippen molar-refractivity contribution >= 4 is 0 Å². The lowest BCUT2D eigenvalue weighted by molar-refractivity contribution is 0.628. The number of benzene rings is 1. The molecule has 1 aromatic carbocycles. The van der Waals surface area contributed by atoms with Gasteiger partial charge in [-0.3, -0.25) is 0 Å². The minimum absolute atomic E-state index is 1.25. The molecule has 0 aliphatic heterocycles. The molecule has 1 radical (unpaired) electrons. The van der Waals surface area contributed by atoms with Crippen LogP contribution in [0.3, 0.4) is 0 Å². The van der Waals surface area contributed by atoms with Crippen LogP contribution in [0.4, 0.5) is 0 Å². The maximum Gasteiger partial charge on any atom is -0.0279 e. The summed E-state index contributed by atoms with van der Waals surface area (Å²) in [5.74, 6) is 0. The summed E-state index contributed by atoms with van der Waals surface area (Å²) in [5, 5.41) is 0. The second-order valence-corrected chi connectivity index (χ2v) is 4.52. The minimum Gasteiger partial charge on any atom is -0.0654 e. The molecule has 0 unspecified atom stereocenters. The van der Waals surface area contributed by atoms with E-state index >= 15 is 0 Å². The number of rotatable bonds is 9. The van der Waals surface area contributed by atoms with Gasteiger partial charge in [-0.25, -0.2) is 0 Å². The highest BCUT2D eigenvalue weighted by atomic mass is 14.0. The van der Waals surface area contributed by atoms with Crippen molar-refractivity contribution in [2.45, 2.75) is 58.3 Å². The fourth-order valence-electron chi connectivity index (χ4n) is 1.96. The zero-order valence-electron chi connectivity index (χ0n) is 10.6. The van der Waals surface area contributed by atoms with Gasteiger partial charge in [0.15, 0.2) is 0 Å². The zero-order valence-corrected chi connectivity index (χ0v) is 10.6. The highest BCUT2D eigenvalue weighted by Crippen LogP contribution is 2.10. The first-order valence-electron chi connectivity index (χ1n) is 6.79. The molecule has 0 amide bonds. The molecule has 89 valence electrons. The van der Waals surface area contributed by atoms with E-state index in [1.807, 2.05) is 0 Å². The first-order valence-corrected chi connectivity index (χ1v) is 6.79. The van der Waals surface area contributed by atoms with Crippen molar-refractivity contribution in [1.82, 2.24) is 0 Å². The van der Waals surface area contributed by atoms with Gasteiger partial charge in [0, 0.05) is 0 Å². The Hall–Kier alpha value is -0.780. The van der Waals surface area contributed by atoms with Gasteiger partial charge in [-0.1, -0.05) is 75.8 Å². The van der Waals surface area contributed by atoms with Gasteiger partial charge >= 0.3 is 0 Å². The van der Waals surface area contributed by atoms with Crippen molar-refractivity contribution in [1.29, 1.82) is 0 Å². The predicted molar refractivity (Wildman–Crippen MR) is 72.4 cm³/mol. The standard InChI is InChI=1S/C16H25/c1-2-3-4-5-6-7-8-10-13-16-14-11-9-12-15-16/h4,9,11-12,14-15H,2-3,5-8,10,13H2,1H3. The number of unbranched alkanes of at least 4 members (excludes halogenated alkanes) is 7. The second kappa shape index (κ2) is 9.45. The molecule has 0 nitrogen and oxygen atoms in total. The monoisotopic (exact) mass is 217 g/mol. The maximum atomic E-state index is 2.44. The summed E-state index contributed by atoms with van der Waals surface area (Å²) in [6, 6.07) is 10.8. The molecule has 0 heteroatoms. The quantitative estimate of drug-likeness (QED) is 0.500. The molecule has 16 heavy (non-hydrogen) atoms. The van der Waals surface area contributed by atoms with E-state index in [4.69, 9.17) is 0 Å². The van der Waals surface area contributed by atoms with E-state index < -0.39 is 0 Å². The average molecular weight is 217 g/mol. The third-order valence-electron chi connectivity index (χ3n) is 2.96. The Labute approximate surface area is 101 Å². The molecule has 0 saturated carbocycles. The van der Waals surface area contributed by atoms with Crippen LogP contribution in [0.15, 0.2) is 30.3 Å². The molecule has 0 atom stereocenters. The summed E-state index contributed by atoms with van der Waals surface area (Å²) in [6.07, 6.45) is 13.1. The second-order valence-electron chi connectivity index (χ2n) is 4.52. The number of hydrogen-bond acceptors (Lipinski definition) is 0. The van der Waals surface area contributed by atoms with Crippen LogP contribution in [0, 0.1) is 6.42 Å². The SMILES string of the molecule is CCC[CH]CCCCCCc1ccccc1. The van der Waals surface area contributed by atoms with Crippen LogP contribution in [0.5, 0.6) is 0 Å². The number of hydrogen-bond donors (Lipinski definition) is 0. The first kappa shape index (κ1) is 13.3. The van der Waals surface area contributed by atoms with Crippen molar-refractivity contribution in [3.63, 3.8) is 0 Å². The topological polar surface area (TPSA) is 0 Å². The van der Waals surface area contributed by atoms with Crippen molar-refractivity contribution in [2.24, 2.45) is 0 Å². The largest absolute Gasteiger partial charge is 0.0654 e. The molecule has 0 fully saturated rings. The van der Waals surface area contributed by atoms with Crippen molar-refractivity contribution < 1.29 is 0 Å². The Kier molecular flexibility index (Phi) is 7.84. The van der Waals surface area contributed by atoms with Crippen LogP contribution >= 0.6 is 0 Å². The lowest BCUT2D eigenvalue weighted by atomic mass is 10.0. The highest BCUT2D eigenvalue weighted by Gasteiger charge is 1.93. The van der Waals surface area contributed by atoms with Gasteiger partial charge in [-0.15, -0.1) is 0 Å². The summed E-state index contributed by atoms with van der Waals surface area (Å²) >= 11 is 0. The van der Waals surface area contributed by atoms with Crippen molar-refractivity contribution in [2.75, 3.05) is 0 Å². The zero-order chi connectivity index (χ0) is 11.5. The lowest BCUT2D eigenvalue weighted by Gasteiger charge is -2.02. The van der Waals surface area contributed by atoms with E-state index in [-0.39, 0.29) is 0 Å². The smallest absolute Gasteiger partial charge is 0.0279 e. The van der Waals surface area contributed by atoms with E-state index in [1.54, 1.807) is 0 Å². The highest BCUT2D eigenvalue weighted by molar-refractivity contribution is 5.14. The third kappa shape index (κ3) is 6.66. The molecule has 1 rings (SSSR count). The molecule has 0 spiro atoms. The van der Waals surface area contributed by atoms with Crippen LogP contribution < -0.4 is 0 Å². The fourth-order valence-corrected chi connectivity index (χ4v) is 1.96. The van der Waals surface area contributed by atoms with E-state index in [0.717, 1.165) is 0 Å². The van der Waals surface area contributed by atoms with Crippen LogP contribution in [-0.4, -0.2) is 0 Å². The minimum atomic E-state index is 1.25. The van der Waals surface area contributed by atoms with Gasteiger partial charge in [0.05, 0.1) is 0 Å². The summed E-state index contributed by atoms with van der Waals surface area (Å²) in [5.41, 5.74) is 1.49. The molecule has 0 N–H and O–H groups in total. The van der Waals surface area contributed by atoms with Crippen LogP contribution in [0.2, 0.25) is 0 Å². The summed E-state index contributed by atoms with van der Waals surface area (Å²) in [7, 11) is 0. The molecule has 1 aromatic rings. The van der Waals surface area contributed by atoms with E-state index in [2.05, 4.69) is 43.7 Å². The Morgan fingerprint density at radius 1 is 0.875 bits per heavy atom. The van der Waals surface area contributed by atoms with E-state index in [0.29, 0.717) is 0 Å². The third-order valence-corrected chi connectivity index (χ3v) is 2.96. The van der Waals surface area contributed by atoms with Crippen LogP contribution in [0.25, 0.3) is 0 Å². The summed E-state index contributed by atoms with van der Waals surface area (Å²) in [4.78, 5) is 0. The fraction of sp³-hybridized carbons (Fsp3) is 0.562. The summed E-state index contributed by atoms with van der Waals surface area (Å²) < 4.78 is 0. The molecule has 0 aromatic heterocycles. The van der Waals surface area contributed by atoms with E-state index in [1.165, 1.54) is 56.9 Å². The van der Waals surface area contributed by atoms with Gasteiger partial charge in [0.1, 0.15) is 0 Å². The predicted octanol–water partition coefficient (Wildman–Crippen LogP) is 5.18. The van der Waals surface area contributed by atoms with Gasteiger partial charge < -0.3 is 0 Å². The van der Waals surface area contributed by atoms with E-state index in [9.17, 15) is 0 Å². The van der Waals surface area contributed by atoms with Crippen molar-refractivity contribution in [3.05, 3.63) is 42.3 Å². The normalized spacial score (nSPS) is 10.6. The molecular formula is C16H25. The van der Waals surface area contributed by atoms with Gasteiger partial charge in [-0.2, -0.15) is 0 Å². The van der Waals surface area contributed by atoms with Crippen LogP contribution in [-0.2, 0) is 6.42 Å². The number of aryl methyl sites for hydroxylation is 1. The molecule has 0 saturated heterocycles. The summed E-state index contributed by atoms with van der Waals surface area (Å²) in [6.45, 7) is 2.25. The molecular weight excluding hydrogens is 192 g/mol. The lowest BCUT2D eigenvalue weighted by Crippen LogP contribution is -1.86. The molecule has 0 heterocycles. The molecule has 0 aliphatic rings. The Morgan fingerprint density at radius 3 is 2.38 bits per heavy atom. The first-order chi connectivity index (χ1) is 7.93. The average Bonchev–Trinajstić information content (AvgIpc) is 2.34. The van der Waals surface area contributed by atoms with Gasteiger partial charge in [0.2, 0.25) is 0 Å².